The Bertz CT molecular complexity index is 801. The van der Waals surface area contributed by atoms with Gasteiger partial charge in [0.1, 0.15) is 11.4 Å². The third-order valence-corrected chi connectivity index (χ3v) is 5.13. The number of carbonyl (C=O) groups excluding carboxylic acids is 2. The average molecular weight is 365 g/mol. The molecule has 0 aliphatic carbocycles. The number of nitrogens with zero attached hydrogens (tertiary/aromatic N) is 2. The molecule has 1 saturated heterocycles. The van der Waals surface area contributed by atoms with Gasteiger partial charge in [0.15, 0.2) is 0 Å². The predicted molar refractivity (Wildman–Crippen MR) is 106 cm³/mol. The Morgan fingerprint density at radius 1 is 1.11 bits per heavy atom. The van der Waals surface area contributed by atoms with Crippen LogP contribution in [0.1, 0.15) is 64.7 Å². The maximum absolute atomic E-state index is 12.9. The van der Waals surface area contributed by atoms with E-state index >= 15 is 0 Å². The molecule has 1 aliphatic heterocycles. The first-order valence-electron chi connectivity index (χ1n) is 9.70. The molecule has 1 N–H and O–H groups in total. The molecule has 5 nitrogen and oxygen atoms in total. The molecule has 1 fully saturated rings. The molecule has 1 aliphatic rings. The van der Waals surface area contributed by atoms with Gasteiger partial charge in [-0.25, -0.2) is 4.98 Å². The van der Waals surface area contributed by atoms with Crippen molar-refractivity contribution in [2.75, 3.05) is 6.54 Å². The average Bonchev–Trinajstić information content (AvgIpc) is 2.72. The molecule has 1 aromatic heterocycles. The molecule has 0 saturated carbocycles. The Balaban J connectivity index is 1.67. The molecule has 1 aromatic carbocycles. The summed E-state index contributed by atoms with van der Waals surface area (Å²) in [6.07, 6.45) is 4.18. The fourth-order valence-electron chi connectivity index (χ4n) is 3.50. The Hall–Kier alpha value is -2.69. The molecular weight excluding hydrogens is 338 g/mol. The molecule has 1 unspecified atom stereocenters. The summed E-state index contributed by atoms with van der Waals surface area (Å²) in [7, 11) is 0. The lowest BCUT2D eigenvalue weighted by Gasteiger charge is -2.35. The molecule has 0 spiro atoms. The van der Waals surface area contributed by atoms with Crippen molar-refractivity contribution in [2.45, 2.75) is 52.1 Å². The van der Waals surface area contributed by atoms with E-state index in [1.165, 1.54) is 5.56 Å². The fraction of sp³-hybridized carbons (Fsp3) is 0.409. The number of likely N-dealkylation sites (tertiary alicyclic amines) is 1. The van der Waals surface area contributed by atoms with Gasteiger partial charge in [-0.2, -0.15) is 0 Å². The van der Waals surface area contributed by atoms with Crippen molar-refractivity contribution in [3.05, 3.63) is 65.0 Å². The van der Waals surface area contributed by atoms with E-state index in [4.69, 9.17) is 0 Å². The number of hydrogen-bond acceptors (Lipinski definition) is 3. The van der Waals surface area contributed by atoms with Crippen molar-refractivity contribution in [3.8, 4) is 0 Å². The van der Waals surface area contributed by atoms with Crippen LogP contribution < -0.4 is 5.32 Å². The number of pyridine rings is 1. The van der Waals surface area contributed by atoms with Crippen LogP contribution in [0.25, 0.3) is 0 Å². The number of benzene rings is 1. The molecule has 5 heteroatoms. The summed E-state index contributed by atoms with van der Waals surface area (Å²) in [5, 5.41) is 2.87. The highest BCUT2D eigenvalue weighted by molar-refractivity contribution is 5.96. The van der Waals surface area contributed by atoms with E-state index in [9.17, 15) is 9.59 Å². The topological polar surface area (TPSA) is 62.3 Å². The normalized spacial score (nSPS) is 16.8. The zero-order valence-corrected chi connectivity index (χ0v) is 16.1. The summed E-state index contributed by atoms with van der Waals surface area (Å²) in [4.78, 5) is 31.6. The number of nitrogens with one attached hydrogen (secondary N) is 1. The van der Waals surface area contributed by atoms with Crippen LogP contribution in [0, 0.1) is 6.92 Å². The summed E-state index contributed by atoms with van der Waals surface area (Å²) in [5.41, 5.74) is 2.83. The zero-order chi connectivity index (χ0) is 19.2. The second kappa shape index (κ2) is 8.80. The van der Waals surface area contributed by atoms with Crippen LogP contribution in [0.5, 0.6) is 0 Å². The summed E-state index contributed by atoms with van der Waals surface area (Å²) < 4.78 is 0. The van der Waals surface area contributed by atoms with Crippen LogP contribution >= 0.6 is 0 Å². The quantitative estimate of drug-likeness (QED) is 0.878. The lowest BCUT2D eigenvalue weighted by Crippen LogP contribution is -2.43. The van der Waals surface area contributed by atoms with Crippen LogP contribution in [0.15, 0.2) is 42.5 Å². The first-order valence-corrected chi connectivity index (χ1v) is 9.70. The van der Waals surface area contributed by atoms with Gasteiger partial charge in [0.05, 0.1) is 0 Å². The highest BCUT2D eigenvalue weighted by Crippen LogP contribution is 2.21. The molecule has 27 heavy (non-hydrogen) atoms. The molecule has 2 aromatic rings. The van der Waals surface area contributed by atoms with Crippen LogP contribution in [0.4, 0.5) is 0 Å². The van der Waals surface area contributed by atoms with E-state index in [1.807, 2.05) is 36.1 Å². The summed E-state index contributed by atoms with van der Waals surface area (Å²) in [6.45, 7) is 5.34. The number of aryl methyl sites for hydroxylation is 1. The van der Waals surface area contributed by atoms with Crippen molar-refractivity contribution in [2.24, 2.45) is 0 Å². The summed E-state index contributed by atoms with van der Waals surface area (Å²) in [5.74, 6) is -0.342. The van der Waals surface area contributed by atoms with Crippen molar-refractivity contribution in [1.29, 1.82) is 0 Å². The molecule has 2 heterocycles. The van der Waals surface area contributed by atoms with Gasteiger partial charge >= 0.3 is 0 Å². The van der Waals surface area contributed by atoms with E-state index in [2.05, 4.69) is 17.2 Å². The Kier molecular flexibility index (Phi) is 6.22. The zero-order valence-electron chi connectivity index (χ0n) is 16.1. The first kappa shape index (κ1) is 19.1. The van der Waals surface area contributed by atoms with Gasteiger partial charge in [-0.15, -0.1) is 0 Å². The van der Waals surface area contributed by atoms with Gasteiger partial charge in [0, 0.05) is 19.1 Å². The first-order chi connectivity index (χ1) is 13.1. The van der Waals surface area contributed by atoms with E-state index in [0.717, 1.165) is 37.8 Å². The molecule has 2 amide bonds. The number of rotatable bonds is 5. The highest BCUT2D eigenvalue weighted by atomic mass is 16.2. The minimum absolute atomic E-state index is 0.0743. The van der Waals surface area contributed by atoms with E-state index < -0.39 is 0 Å². The van der Waals surface area contributed by atoms with Gasteiger partial charge in [-0.1, -0.05) is 42.8 Å². The summed E-state index contributed by atoms with van der Waals surface area (Å²) in [6, 6.07) is 13.4. The van der Waals surface area contributed by atoms with Gasteiger partial charge in [-0.05, 0) is 50.3 Å². The SMILES string of the molecule is CCC1CCCCN1C(=O)c1cccc(C(=O)NCc2ccc(C)cc2)n1. The van der Waals surface area contributed by atoms with Crippen LogP contribution in [0.3, 0.4) is 0 Å². The Morgan fingerprint density at radius 3 is 2.59 bits per heavy atom. The van der Waals surface area contributed by atoms with Crippen molar-refractivity contribution in [3.63, 3.8) is 0 Å². The number of hydrogen-bond donors (Lipinski definition) is 1. The third-order valence-electron chi connectivity index (χ3n) is 5.13. The minimum Gasteiger partial charge on any atom is -0.347 e. The van der Waals surface area contributed by atoms with Gasteiger partial charge in [0.25, 0.3) is 11.8 Å². The third kappa shape index (κ3) is 4.73. The van der Waals surface area contributed by atoms with Crippen LogP contribution in [0.2, 0.25) is 0 Å². The maximum atomic E-state index is 12.9. The lowest BCUT2D eigenvalue weighted by atomic mass is 9.99. The predicted octanol–water partition coefficient (Wildman–Crippen LogP) is 3.72. The second-order valence-corrected chi connectivity index (χ2v) is 7.13. The molecule has 3 rings (SSSR count). The van der Waals surface area contributed by atoms with Gasteiger partial charge < -0.3 is 10.2 Å². The molecule has 0 radical (unpaired) electrons. The number of aromatic nitrogens is 1. The lowest BCUT2D eigenvalue weighted by molar-refractivity contribution is 0.0602. The van der Waals surface area contributed by atoms with Gasteiger partial charge in [0.2, 0.25) is 0 Å². The molecule has 142 valence electrons. The van der Waals surface area contributed by atoms with E-state index in [0.29, 0.717) is 12.2 Å². The Labute approximate surface area is 160 Å². The largest absolute Gasteiger partial charge is 0.347 e. The summed E-state index contributed by atoms with van der Waals surface area (Å²) >= 11 is 0. The standard InChI is InChI=1S/C22H27N3O2/c1-3-18-7-4-5-14-25(18)22(27)20-9-6-8-19(24-20)21(26)23-15-17-12-10-16(2)11-13-17/h6,8-13,18H,3-5,7,14-15H2,1-2H3,(H,23,26). The van der Waals surface area contributed by atoms with E-state index in [-0.39, 0.29) is 23.6 Å². The molecule has 0 bridgehead atoms. The fourth-order valence-corrected chi connectivity index (χ4v) is 3.50. The van der Waals surface area contributed by atoms with Crippen LogP contribution in [-0.2, 0) is 6.54 Å². The smallest absolute Gasteiger partial charge is 0.272 e. The Morgan fingerprint density at radius 2 is 1.85 bits per heavy atom. The van der Waals surface area contributed by atoms with Gasteiger partial charge in [-0.3, -0.25) is 9.59 Å². The second-order valence-electron chi connectivity index (χ2n) is 7.13. The van der Waals surface area contributed by atoms with Crippen molar-refractivity contribution >= 4 is 11.8 Å². The van der Waals surface area contributed by atoms with E-state index in [1.54, 1.807) is 18.2 Å². The number of amides is 2. The van der Waals surface area contributed by atoms with Crippen molar-refractivity contribution < 1.29 is 9.59 Å². The minimum atomic E-state index is -0.268. The molecular formula is C22H27N3O2. The highest BCUT2D eigenvalue weighted by Gasteiger charge is 2.27. The molecule has 1 atom stereocenters. The maximum Gasteiger partial charge on any atom is 0.272 e. The monoisotopic (exact) mass is 365 g/mol. The number of carbonyl (C=O) groups is 2. The number of piperidine rings is 1. The van der Waals surface area contributed by atoms with Crippen LogP contribution in [-0.4, -0.2) is 34.3 Å². The van der Waals surface area contributed by atoms with Crippen molar-refractivity contribution in [1.82, 2.24) is 15.2 Å².